The van der Waals surface area contributed by atoms with Gasteiger partial charge in [-0.2, -0.15) is 0 Å². The smallest absolute Gasteiger partial charge is 0.225 e. The molecule has 0 unspecified atom stereocenters. The van der Waals surface area contributed by atoms with Crippen molar-refractivity contribution in [3.8, 4) is 0 Å². The minimum Gasteiger partial charge on any atom is -0.464 e. The Hall–Kier alpha value is -1.33. The van der Waals surface area contributed by atoms with Crippen molar-refractivity contribution in [3.05, 3.63) is 23.7 Å². The summed E-state index contributed by atoms with van der Waals surface area (Å²) >= 11 is 0. The van der Waals surface area contributed by atoms with E-state index in [1.807, 2.05) is 19.1 Å². The van der Waals surface area contributed by atoms with Gasteiger partial charge in [0.1, 0.15) is 11.5 Å². The zero-order chi connectivity index (χ0) is 14.4. The lowest BCUT2D eigenvalue weighted by atomic mass is 10.1. The fourth-order valence-corrected chi connectivity index (χ4v) is 2.36. The first-order valence-corrected chi connectivity index (χ1v) is 7.27. The van der Waals surface area contributed by atoms with E-state index in [1.165, 1.54) is 0 Å². The van der Waals surface area contributed by atoms with Gasteiger partial charge >= 0.3 is 0 Å². The van der Waals surface area contributed by atoms with E-state index in [0.29, 0.717) is 25.7 Å². The standard InChI is InChI=1S/C15H24N2O3/c1-12-3-4-14(20-12)11-17(2)15(18)7-10-19-13-5-8-16-9-6-13/h3-4,13,16H,5-11H2,1-2H3. The third-order valence-corrected chi connectivity index (χ3v) is 3.57. The molecule has 1 aromatic rings. The molecule has 112 valence electrons. The van der Waals surface area contributed by atoms with Gasteiger partial charge in [0, 0.05) is 7.05 Å². The Balaban J connectivity index is 1.65. The average molecular weight is 280 g/mol. The van der Waals surface area contributed by atoms with E-state index in [1.54, 1.807) is 11.9 Å². The number of amides is 1. The number of piperidine rings is 1. The minimum absolute atomic E-state index is 0.0907. The maximum atomic E-state index is 12.0. The van der Waals surface area contributed by atoms with Crippen molar-refractivity contribution < 1.29 is 13.9 Å². The van der Waals surface area contributed by atoms with Crippen LogP contribution in [0.5, 0.6) is 0 Å². The number of nitrogens with one attached hydrogen (secondary N) is 1. The summed E-state index contributed by atoms with van der Waals surface area (Å²) in [6.45, 7) is 4.94. The largest absolute Gasteiger partial charge is 0.464 e. The van der Waals surface area contributed by atoms with Gasteiger partial charge in [-0.05, 0) is 45.0 Å². The van der Waals surface area contributed by atoms with E-state index >= 15 is 0 Å². The van der Waals surface area contributed by atoms with Crippen LogP contribution in [0, 0.1) is 6.92 Å². The zero-order valence-electron chi connectivity index (χ0n) is 12.4. The first kappa shape index (κ1) is 15.1. The first-order valence-electron chi connectivity index (χ1n) is 7.27. The lowest BCUT2D eigenvalue weighted by molar-refractivity contribution is -0.132. The van der Waals surface area contributed by atoms with Gasteiger partial charge in [-0.25, -0.2) is 0 Å². The van der Waals surface area contributed by atoms with Crippen molar-refractivity contribution in [2.75, 3.05) is 26.7 Å². The number of nitrogens with zero attached hydrogens (tertiary/aromatic N) is 1. The SMILES string of the molecule is Cc1ccc(CN(C)C(=O)CCOC2CCNCC2)o1. The van der Waals surface area contributed by atoms with Crippen molar-refractivity contribution in [2.24, 2.45) is 0 Å². The monoisotopic (exact) mass is 280 g/mol. The van der Waals surface area contributed by atoms with Crippen LogP contribution in [-0.4, -0.2) is 43.7 Å². The highest BCUT2D eigenvalue weighted by Gasteiger charge is 2.15. The molecule has 1 amide bonds. The van der Waals surface area contributed by atoms with Gasteiger partial charge in [0.05, 0.1) is 25.7 Å². The Labute approximate surface area is 120 Å². The molecule has 1 aliphatic heterocycles. The Morgan fingerprint density at radius 2 is 2.20 bits per heavy atom. The van der Waals surface area contributed by atoms with Crippen LogP contribution in [0.2, 0.25) is 0 Å². The molecule has 0 aliphatic carbocycles. The highest BCUT2D eigenvalue weighted by Crippen LogP contribution is 2.10. The van der Waals surface area contributed by atoms with E-state index in [9.17, 15) is 4.79 Å². The second-order valence-corrected chi connectivity index (χ2v) is 5.33. The predicted octanol–water partition coefficient (Wildman–Crippen LogP) is 1.71. The van der Waals surface area contributed by atoms with Gasteiger partial charge in [0.2, 0.25) is 5.91 Å². The summed E-state index contributed by atoms with van der Waals surface area (Å²) in [7, 11) is 1.80. The molecule has 20 heavy (non-hydrogen) atoms. The molecule has 5 nitrogen and oxygen atoms in total. The first-order chi connectivity index (χ1) is 9.65. The summed E-state index contributed by atoms with van der Waals surface area (Å²) in [6, 6.07) is 3.82. The maximum Gasteiger partial charge on any atom is 0.225 e. The van der Waals surface area contributed by atoms with Gasteiger partial charge in [-0.15, -0.1) is 0 Å². The molecule has 2 heterocycles. The second kappa shape index (κ2) is 7.45. The van der Waals surface area contributed by atoms with Crippen LogP contribution in [0.15, 0.2) is 16.5 Å². The normalized spacial score (nSPS) is 16.3. The van der Waals surface area contributed by atoms with Crippen LogP contribution < -0.4 is 5.32 Å². The third-order valence-electron chi connectivity index (χ3n) is 3.57. The number of furan rings is 1. The topological polar surface area (TPSA) is 54.7 Å². The molecule has 0 bridgehead atoms. The van der Waals surface area contributed by atoms with E-state index in [0.717, 1.165) is 37.5 Å². The summed E-state index contributed by atoms with van der Waals surface area (Å²) in [5.74, 6) is 1.78. The summed E-state index contributed by atoms with van der Waals surface area (Å²) in [4.78, 5) is 13.7. The van der Waals surface area contributed by atoms with Gasteiger partial charge in [0.15, 0.2) is 0 Å². The van der Waals surface area contributed by atoms with Crippen molar-refractivity contribution in [1.82, 2.24) is 10.2 Å². The molecule has 1 N–H and O–H groups in total. The molecule has 0 radical (unpaired) electrons. The molecule has 0 saturated carbocycles. The van der Waals surface area contributed by atoms with Gasteiger partial charge in [-0.1, -0.05) is 0 Å². The summed E-state index contributed by atoms with van der Waals surface area (Å²) < 4.78 is 11.2. The van der Waals surface area contributed by atoms with E-state index in [2.05, 4.69) is 5.32 Å². The second-order valence-electron chi connectivity index (χ2n) is 5.33. The van der Waals surface area contributed by atoms with Gasteiger partial charge in [0.25, 0.3) is 0 Å². The summed E-state index contributed by atoms with van der Waals surface area (Å²) in [5.41, 5.74) is 0. The molecule has 5 heteroatoms. The molecular formula is C15H24N2O3. The van der Waals surface area contributed by atoms with Crippen LogP contribution in [-0.2, 0) is 16.1 Å². The van der Waals surface area contributed by atoms with Gasteiger partial charge < -0.3 is 19.4 Å². The van der Waals surface area contributed by atoms with Crippen LogP contribution >= 0.6 is 0 Å². The van der Waals surface area contributed by atoms with E-state index in [-0.39, 0.29) is 5.91 Å². The Kier molecular flexibility index (Phi) is 5.61. The van der Waals surface area contributed by atoms with Crippen molar-refractivity contribution >= 4 is 5.91 Å². The zero-order valence-corrected chi connectivity index (χ0v) is 12.4. The Morgan fingerprint density at radius 1 is 1.45 bits per heavy atom. The third kappa shape index (κ3) is 4.65. The molecule has 1 aliphatic rings. The highest BCUT2D eigenvalue weighted by molar-refractivity contribution is 5.75. The number of ether oxygens (including phenoxy) is 1. The lowest BCUT2D eigenvalue weighted by Gasteiger charge is -2.23. The number of rotatable bonds is 6. The Morgan fingerprint density at radius 3 is 2.85 bits per heavy atom. The van der Waals surface area contributed by atoms with Crippen LogP contribution in [0.1, 0.15) is 30.8 Å². The maximum absolute atomic E-state index is 12.0. The number of carbonyl (C=O) groups is 1. The quantitative estimate of drug-likeness (QED) is 0.862. The average Bonchev–Trinajstić information content (AvgIpc) is 2.85. The fourth-order valence-electron chi connectivity index (χ4n) is 2.36. The molecule has 1 saturated heterocycles. The molecular weight excluding hydrogens is 256 g/mol. The van der Waals surface area contributed by atoms with E-state index in [4.69, 9.17) is 9.15 Å². The van der Waals surface area contributed by atoms with Crippen LogP contribution in [0.25, 0.3) is 0 Å². The Bertz CT molecular complexity index is 425. The van der Waals surface area contributed by atoms with Crippen molar-refractivity contribution in [2.45, 2.75) is 38.8 Å². The molecule has 0 spiro atoms. The minimum atomic E-state index is 0.0907. The molecule has 0 aromatic carbocycles. The lowest BCUT2D eigenvalue weighted by Crippen LogP contribution is -2.33. The molecule has 1 aromatic heterocycles. The van der Waals surface area contributed by atoms with Crippen LogP contribution in [0.3, 0.4) is 0 Å². The molecule has 1 fully saturated rings. The number of hydrogen-bond acceptors (Lipinski definition) is 4. The predicted molar refractivity (Wildman–Crippen MR) is 76.4 cm³/mol. The number of aryl methyl sites for hydroxylation is 1. The fraction of sp³-hybridized carbons (Fsp3) is 0.667. The molecule has 2 rings (SSSR count). The highest BCUT2D eigenvalue weighted by atomic mass is 16.5. The van der Waals surface area contributed by atoms with Gasteiger partial charge in [-0.3, -0.25) is 4.79 Å². The van der Waals surface area contributed by atoms with Crippen molar-refractivity contribution in [1.29, 1.82) is 0 Å². The number of hydrogen-bond donors (Lipinski definition) is 1. The summed E-state index contributed by atoms with van der Waals surface area (Å²) in [6.07, 6.45) is 2.81. The summed E-state index contributed by atoms with van der Waals surface area (Å²) in [5, 5.41) is 3.30. The van der Waals surface area contributed by atoms with E-state index < -0.39 is 0 Å². The number of carbonyl (C=O) groups excluding carboxylic acids is 1. The van der Waals surface area contributed by atoms with Crippen molar-refractivity contribution in [3.63, 3.8) is 0 Å². The molecule has 0 atom stereocenters. The van der Waals surface area contributed by atoms with Crippen LogP contribution in [0.4, 0.5) is 0 Å².